The number of nitro groups is 1. The Bertz CT molecular complexity index is 1590. The van der Waals surface area contributed by atoms with Crippen LogP contribution in [0.15, 0.2) is 81.7 Å². The number of rotatable bonds is 11. The monoisotopic (exact) mass is 802 g/mol. The molecular formula is C32H32Br2Cl4N4O2. The summed E-state index contributed by atoms with van der Waals surface area (Å²) in [7, 11) is 0. The second kappa shape index (κ2) is 17.5. The van der Waals surface area contributed by atoms with Crippen molar-refractivity contribution in [1.82, 2.24) is 0 Å². The Morgan fingerprint density at radius 3 is 1.59 bits per heavy atom. The van der Waals surface area contributed by atoms with Crippen LogP contribution >= 0.6 is 78.3 Å². The molecule has 0 aliphatic carbocycles. The second-order valence-electron chi connectivity index (χ2n) is 9.91. The standard InChI is InChI=1S/C16H15BrCl2N2O2.C16H17BrCl2N2/c1-2-7-20(10-11-3-5-13(18)9-14(11)19)15-6-4-12(17)8-16(15)21(22)23;1-2-7-21(16-6-4-12(17)8-15(16)20)10-11-3-5-13(18)9-14(11)19/h3-6,8-9H,2,7,10H2,1H3;3-6,8-9H,2,7,10,20H2,1H3. The molecule has 0 saturated carbocycles. The third-order valence-corrected chi connectivity index (χ3v) is 8.71. The minimum Gasteiger partial charge on any atom is -0.397 e. The van der Waals surface area contributed by atoms with E-state index in [1.807, 2.05) is 48.2 Å². The van der Waals surface area contributed by atoms with Gasteiger partial charge in [-0.1, -0.05) is 104 Å². The predicted molar refractivity (Wildman–Crippen MR) is 195 cm³/mol. The minimum absolute atomic E-state index is 0.0675. The number of nitrogen functional groups attached to an aromatic ring is 1. The number of anilines is 3. The van der Waals surface area contributed by atoms with Crippen LogP contribution in [-0.4, -0.2) is 18.0 Å². The summed E-state index contributed by atoms with van der Waals surface area (Å²) >= 11 is 31.1. The van der Waals surface area contributed by atoms with E-state index in [1.54, 1.807) is 30.3 Å². The van der Waals surface area contributed by atoms with Crippen molar-refractivity contribution in [1.29, 1.82) is 0 Å². The zero-order valence-electron chi connectivity index (χ0n) is 24.2. The van der Waals surface area contributed by atoms with Gasteiger partial charge >= 0.3 is 0 Å². The first kappa shape index (κ1) is 36.3. The Morgan fingerprint density at radius 1 is 0.705 bits per heavy atom. The SMILES string of the molecule is CCCN(Cc1ccc(Cl)cc1Cl)c1ccc(Br)cc1N.CCCN(Cc1ccc(Cl)cc1Cl)c1ccc(Br)cc1[N+](=O)[O-]. The first-order chi connectivity index (χ1) is 20.9. The van der Waals surface area contributed by atoms with Crippen LogP contribution in [0.5, 0.6) is 0 Å². The van der Waals surface area contributed by atoms with Crippen molar-refractivity contribution >= 4 is 101 Å². The van der Waals surface area contributed by atoms with Gasteiger partial charge in [0.2, 0.25) is 0 Å². The summed E-state index contributed by atoms with van der Waals surface area (Å²) < 4.78 is 1.65. The maximum atomic E-state index is 11.4. The predicted octanol–water partition coefficient (Wildman–Crippen LogP) is 11.8. The van der Waals surface area contributed by atoms with E-state index in [0.717, 1.165) is 46.4 Å². The largest absolute Gasteiger partial charge is 0.397 e. The molecule has 234 valence electrons. The van der Waals surface area contributed by atoms with Gasteiger partial charge in [-0.2, -0.15) is 0 Å². The fraction of sp³-hybridized carbons (Fsp3) is 0.250. The third kappa shape index (κ3) is 10.4. The molecule has 0 bridgehead atoms. The fourth-order valence-electron chi connectivity index (χ4n) is 4.54. The maximum absolute atomic E-state index is 11.4. The average Bonchev–Trinajstić information content (AvgIpc) is 2.95. The number of hydrogen-bond donors (Lipinski definition) is 1. The van der Waals surface area contributed by atoms with E-state index < -0.39 is 0 Å². The van der Waals surface area contributed by atoms with E-state index in [2.05, 4.69) is 43.7 Å². The molecule has 0 saturated heterocycles. The lowest BCUT2D eigenvalue weighted by atomic mass is 10.1. The molecule has 0 radical (unpaired) electrons. The van der Waals surface area contributed by atoms with Gasteiger partial charge < -0.3 is 15.5 Å². The first-order valence-electron chi connectivity index (χ1n) is 13.8. The quantitative estimate of drug-likeness (QED) is 0.0928. The number of hydrogen-bond acceptors (Lipinski definition) is 5. The Labute approximate surface area is 295 Å². The average molecular weight is 806 g/mol. The van der Waals surface area contributed by atoms with E-state index in [0.29, 0.717) is 49.9 Å². The molecule has 0 amide bonds. The summed E-state index contributed by atoms with van der Waals surface area (Å²) in [5.74, 6) is 0. The summed E-state index contributed by atoms with van der Waals surface area (Å²) in [6.07, 6.45) is 1.89. The molecule has 4 rings (SSSR count). The van der Waals surface area contributed by atoms with E-state index in [1.165, 1.54) is 6.07 Å². The molecule has 0 aliphatic heterocycles. The Kier molecular flexibility index (Phi) is 14.4. The van der Waals surface area contributed by atoms with E-state index in [4.69, 9.17) is 52.1 Å². The summed E-state index contributed by atoms with van der Waals surface area (Å²) in [6.45, 7) is 6.95. The smallest absolute Gasteiger partial charge is 0.293 e. The van der Waals surface area contributed by atoms with Gasteiger partial charge in [0.05, 0.1) is 16.3 Å². The van der Waals surface area contributed by atoms with Crippen molar-refractivity contribution in [2.45, 2.75) is 39.8 Å². The normalized spacial score (nSPS) is 10.6. The lowest BCUT2D eigenvalue weighted by Crippen LogP contribution is -2.24. The highest BCUT2D eigenvalue weighted by Gasteiger charge is 2.20. The highest BCUT2D eigenvalue weighted by atomic mass is 79.9. The summed E-state index contributed by atoms with van der Waals surface area (Å²) in [5.41, 5.74) is 10.5. The van der Waals surface area contributed by atoms with Gasteiger partial charge in [0.1, 0.15) is 5.69 Å². The van der Waals surface area contributed by atoms with Crippen LogP contribution in [0.2, 0.25) is 20.1 Å². The molecule has 0 fully saturated rings. The molecule has 0 atom stereocenters. The van der Waals surface area contributed by atoms with Crippen LogP contribution in [0, 0.1) is 10.1 Å². The van der Waals surface area contributed by atoms with Crippen molar-refractivity contribution in [2.24, 2.45) is 0 Å². The molecule has 0 aromatic heterocycles. The molecule has 12 heteroatoms. The van der Waals surface area contributed by atoms with Gasteiger partial charge in [0.25, 0.3) is 5.69 Å². The highest BCUT2D eigenvalue weighted by molar-refractivity contribution is 9.10. The molecule has 0 spiro atoms. The van der Waals surface area contributed by atoms with Gasteiger partial charge in [0.15, 0.2) is 0 Å². The summed E-state index contributed by atoms with van der Waals surface area (Å²) in [6, 6.07) is 21.9. The maximum Gasteiger partial charge on any atom is 0.293 e. The third-order valence-electron chi connectivity index (χ3n) is 6.54. The fourth-order valence-corrected chi connectivity index (χ4v) is 6.21. The van der Waals surface area contributed by atoms with Gasteiger partial charge in [0, 0.05) is 61.3 Å². The minimum atomic E-state index is -0.369. The van der Waals surface area contributed by atoms with Crippen molar-refractivity contribution in [3.63, 3.8) is 0 Å². The Morgan fingerprint density at radius 2 is 1.16 bits per heavy atom. The van der Waals surface area contributed by atoms with Crippen molar-refractivity contribution in [3.05, 3.63) is 123 Å². The second-order valence-corrected chi connectivity index (χ2v) is 13.4. The van der Waals surface area contributed by atoms with E-state index >= 15 is 0 Å². The van der Waals surface area contributed by atoms with Crippen LogP contribution in [0.3, 0.4) is 0 Å². The molecule has 44 heavy (non-hydrogen) atoms. The first-order valence-corrected chi connectivity index (χ1v) is 16.9. The van der Waals surface area contributed by atoms with Crippen LogP contribution in [0.1, 0.15) is 37.8 Å². The van der Waals surface area contributed by atoms with E-state index in [-0.39, 0.29) is 10.6 Å². The number of nitrogens with zero attached hydrogens (tertiary/aromatic N) is 3. The lowest BCUT2D eigenvalue weighted by Gasteiger charge is -2.26. The van der Waals surface area contributed by atoms with Crippen LogP contribution in [-0.2, 0) is 13.1 Å². The van der Waals surface area contributed by atoms with Gasteiger partial charge in [-0.05, 0) is 78.6 Å². The number of benzene rings is 4. The van der Waals surface area contributed by atoms with Crippen LogP contribution in [0.4, 0.5) is 22.7 Å². The van der Waals surface area contributed by atoms with Crippen LogP contribution < -0.4 is 15.5 Å². The Hall–Kier alpha value is -2.20. The molecule has 0 aliphatic rings. The number of halogens is 6. The Balaban J connectivity index is 0.000000241. The van der Waals surface area contributed by atoms with Gasteiger partial charge in [-0.15, -0.1) is 0 Å². The summed E-state index contributed by atoms with van der Waals surface area (Å²) in [4.78, 5) is 15.2. The van der Waals surface area contributed by atoms with Crippen LogP contribution in [0.25, 0.3) is 0 Å². The molecule has 0 heterocycles. The van der Waals surface area contributed by atoms with Gasteiger partial charge in [-0.3, -0.25) is 10.1 Å². The van der Waals surface area contributed by atoms with Gasteiger partial charge in [-0.25, -0.2) is 0 Å². The zero-order chi connectivity index (χ0) is 32.4. The lowest BCUT2D eigenvalue weighted by molar-refractivity contribution is -0.384. The van der Waals surface area contributed by atoms with Crippen molar-refractivity contribution < 1.29 is 4.92 Å². The molecular weight excluding hydrogens is 774 g/mol. The highest BCUT2D eigenvalue weighted by Crippen LogP contribution is 2.34. The zero-order valence-corrected chi connectivity index (χ0v) is 30.4. The summed E-state index contributed by atoms with van der Waals surface area (Å²) in [5, 5.41) is 13.8. The van der Waals surface area contributed by atoms with E-state index in [9.17, 15) is 10.1 Å². The van der Waals surface area contributed by atoms with Crippen molar-refractivity contribution in [2.75, 3.05) is 28.6 Å². The number of nitrogens with two attached hydrogens (primary N) is 1. The molecule has 6 nitrogen and oxygen atoms in total. The molecule has 4 aromatic carbocycles. The topological polar surface area (TPSA) is 75.6 Å². The molecule has 2 N–H and O–H groups in total. The number of nitro benzene ring substituents is 1. The molecule has 4 aromatic rings. The molecule has 0 unspecified atom stereocenters. The van der Waals surface area contributed by atoms with Crippen molar-refractivity contribution in [3.8, 4) is 0 Å².